The summed E-state index contributed by atoms with van der Waals surface area (Å²) in [6, 6.07) is 10.5. The van der Waals surface area contributed by atoms with E-state index in [1.165, 1.54) is 3.97 Å². The van der Waals surface area contributed by atoms with E-state index in [1.807, 2.05) is 19.3 Å². The molecule has 0 amide bonds. The van der Waals surface area contributed by atoms with Gasteiger partial charge in [0, 0.05) is 34.6 Å². The fourth-order valence-corrected chi connectivity index (χ4v) is 6.47. The van der Waals surface area contributed by atoms with Crippen LogP contribution in [0.15, 0.2) is 59.1 Å². The summed E-state index contributed by atoms with van der Waals surface area (Å²) in [5.41, 5.74) is 3.03. The average molecular weight is 450 g/mol. The van der Waals surface area contributed by atoms with Crippen molar-refractivity contribution in [1.29, 1.82) is 0 Å². The Bertz CT molecular complexity index is 1340. The van der Waals surface area contributed by atoms with E-state index in [9.17, 15) is 8.42 Å². The van der Waals surface area contributed by atoms with Gasteiger partial charge in [0.05, 0.1) is 15.6 Å². The van der Waals surface area contributed by atoms with Crippen molar-refractivity contribution in [2.75, 3.05) is 20.1 Å². The lowest BCUT2D eigenvalue weighted by molar-refractivity contribution is 0.255. The number of thiazole rings is 1. The number of rotatable bonds is 4. The SMILES string of the molecule is Bc1cnc2c(c1)c(-c1csc(C3CCN(C)CC3)n1)cn2S(=O)(=O)c1ccccc1. The van der Waals surface area contributed by atoms with Crippen LogP contribution in [0.1, 0.15) is 23.8 Å². The predicted octanol–water partition coefficient (Wildman–Crippen LogP) is 2.46. The zero-order chi connectivity index (χ0) is 21.6. The summed E-state index contributed by atoms with van der Waals surface area (Å²) in [4.78, 5) is 12.0. The normalized spacial score (nSPS) is 16.2. The maximum atomic E-state index is 13.4. The van der Waals surface area contributed by atoms with Crippen LogP contribution in [0, 0.1) is 0 Å². The molecule has 1 saturated heterocycles. The molecule has 0 saturated carbocycles. The molecule has 5 rings (SSSR count). The Morgan fingerprint density at radius 2 is 1.90 bits per heavy atom. The van der Waals surface area contributed by atoms with Crippen LogP contribution in [0.2, 0.25) is 0 Å². The second kappa shape index (κ2) is 7.89. The molecule has 158 valence electrons. The highest BCUT2D eigenvalue weighted by Crippen LogP contribution is 2.36. The number of hydrogen-bond acceptors (Lipinski definition) is 6. The minimum Gasteiger partial charge on any atom is -0.306 e. The molecule has 0 bridgehead atoms. The Labute approximate surface area is 187 Å². The zero-order valence-corrected chi connectivity index (χ0v) is 19.2. The molecule has 9 heteroatoms. The van der Waals surface area contributed by atoms with Crippen LogP contribution in [0.25, 0.3) is 22.3 Å². The minimum atomic E-state index is -3.76. The van der Waals surface area contributed by atoms with Crippen LogP contribution in [-0.2, 0) is 10.0 Å². The number of benzene rings is 1. The van der Waals surface area contributed by atoms with E-state index in [1.54, 1.807) is 54.1 Å². The summed E-state index contributed by atoms with van der Waals surface area (Å²) in [5, 5.41) is 3.99. The average Bonchev–Trinajstić information content (AvgIpc) is 3.40. The lowest BCUT2D eigenvalue weighted by atomic mass is 9.97. The van der Waals surface area contributed by atoms with Crippen LogP contribution in [0.5, 0.6) is 0 Å². The molecule has 4 aromatic rings. The van der Waals surface area contributed by atoms with Gasteiger partial charge < -0.3 is 4.90 Å². The topological polar surface area (TPSA) is 68.1 Å². The van der Waals surface area contributed by atoms with Crippen LogP contribution in [0.3, 0.4) is 0 Å². The molecule has 1 fully saturated rings. The molecule has 0 unspecified atom stereocenters. The first-order valence-electron chi connectivity index (χ1n) is 10.4. The third kappa shape index (κ3) is 3.71. The van der Waals surface area contributed by atoms with Crippen LogP contribution in [0.4, 0.5) is 0 Å². The monoisotopic (exact) mass is 450 g/mol. The molecule has 0 atom stereocenters. The van der Waals surface area contributed by atoms with E-state index >= 15 is 0 Å². The maximum Gasteiger partial charge on any atom is 0.269 e. The molecule has 0 spiro atoms. The molecule has 1 aromatic carbocycles. The van der Waals surface area contributed by atoms with Crippen LogP contribution in [-0.4, -0.2) is 55.2 Å². The molecule has 6 nitrogen and oxygen atoms in total. The molecular formula is C22H23BN4O2S2. The first-order valence-corrected chi connectivity index (χ1v) is 12.7. The van der Waals surface area contributed by atoms with Crippen molar-refractivity contribution in [2.24, 2.45) is 0 Å². The Morgan fingerprint density at radius 1 is 1.16 bits per heavy atom. The van der Waals surface area contributed by atoms with E-state index in [4.69, 9.17) is 4.98 Å². The second-order valence-corrected chi connectivity index (χ2v) is 10.9. The lowest BCUT2D eigenvalue weighted by Gasteiger charge is -2.27. The molecule has 4 heterocycles. The van der Waals surface area contributed by atoms with Crippen molar-refractivity contribution in [3.05, 3.63) is 59.2 Å². The number of aromatic nitrogens is 3. The van der Waals surface area contributed by atoms with Gasteiger partial charge in [-0.05, 0) is 45.1 Å². The number of piperidine rings is 1. The van der Waals surface area contributed by atoms with Gasteiger partial charge in [0.2, 0.25) is 0 Å². The maximum absolute atomic E-state index is 13.4. The van der Waals surface area contributed by atoms with Gasteiger partial charge in [-0.25, -0.2) is 22.4 Å². The predicted molar refractivity (Wildman–Crippen MR) is 128 cm³/mol. The van der Waals surface area contributed by atoms with Crippen LogP contribution >= 0.6 is 11.3 Å². The fourth-order valence-electron chi connectivity index (χ4n) is 4.13. The van der Waals surface area contributed by atoms with Gasteiger partial charge in [-0.1, -0.05) is 29.7 Å². The Balaban J connectivity index is 1.62. The van der Waals surface area contributed by atoms with Crippen molar-refractivity contribution >= 4 is 45.7 Å². The van der Waals surface area contributed by atoms with Gasteiger partial charge in [-0.15, -0.1) is 11.3 Å². The van der Waals surface area contributed by atoms with Gasteiger partial charge in [-0.3, -0.25) is 0 Å². The second-order valence-electron chi connectivity index (χ2n) is 8.19. The van der Waals surface area contributed by atoms with Crippen LogP contribution < -0.4 is 5.46 Å². The highest BCUT2D eigenvalue weighted by atomic mass is 32.2. The fraction of sp³-hybridized carbons (Fsp3) is 0.273. The largest absolute Gasteiger partial charge is 0.306 e. The van der Waals surface area contributed by atoms with Crippen molar-refractivity contribution in [3.8, 4) is 11.3 Å². The van der Waals surface area contributed by atoms with Gasteiger partial charge >= 0.3 is 0 Å². The summed E-state index contributed by atoms with van der Waals surface area (Å²) < 4.78 is 28.0. The molecule has 3 aromatic heterocycles. The van der Waals surface area contributed by atoms with E-state index in [0.717, 1.165) is 53.0 Å². The van der Waals surface area contributed by atoms with Crippen molar-refractivity contribution in [2.45, 2.75) is 23.7 Å². The molecule has 1 aliphatic heterocycles. The van der Waals surface area contributed by atoms with E-state index in [0.29, 0.717) is 11.6 Å². The lowest BCUT2D eigenvalue weighted by Crippen LogP contribution is -2.29. The summed E-state index contributed by atoms with van der Waals surface area (Å²) in [7, 11) is 0.355. The molecular weight excluding hydrogens is 427 g/mol. The third-order valence-electron chi connectivity index (χ3n) is 5.91. The summed E-state index contributed by atoms with van der Waals surface area (Å²) >= 11 is 1.67. The first kappa shape index (κ1) is 20.4. The Morgan fingerprint density at radius 3 is 2.65 bits per heavy atom. The molecule has 0 N–H and O–H groups in total. The molecule has 31 heavy (non-hydrogen) atoms. The van der Waals surface area contributed by atoms with Crippen molar-refractivity contribution in [1.82, 2.24) is 18.8 Å². The standard InChI is InChI=1S/C22H23BN4O2S2/c1-26-9-7-15(8-10-26)22-25-20(14-30-22)19-13-27(21-18(19)11-16(23)12-24-21)31(28,29)17-5-3-2-4-6-17/h2-6,11-15H,7-10,23H2,1H3. The number of pyridine rings is 1. The van der Waals surface area contributed by atoms with Gasteiger partial charge in [0.25, 0.3) is 10.0 Å². The number of hydrogen-bond donors (Lipinski definition) is 0. The molecule has 0 radical (unpaired) electrons. The number of fused-ring (bicyclic) bond motifs is 1. The Hall–Kier alpha value is -2.49. The molecule has 0 aliphatic carbocycles. The van der Waals surface area contributed by atoms with Crippen molar-refractivity contribution in [3.63, 3.8) is 0 Å². The quantitative estimate of drug-likeness (QED) is 0.447. The minimum absolute atomic E-state index is 0.242. The van der Waals surface area contributed by atoms with E-state index < -0.39 is 10.0 Å². The zero-order valence-electron chi connectivity index (χ0n) is 17.5. The summed E-state index contributed by atoms with van der Waals surface area (Å²) in [6.07, 6.45) is 5.59. The smallest absolute Gasteiger partial charge is 0.269 e. The van der Waals surface area contributed by atoms with Gasteiger partial charge in [0.15, 0.2) is 5.65 Å². The third-order valence-corrected chi connectivity index (χ3v) is 8.59. The highest BCUT2D eigenvalue weighted by molar-refractivity contribution is 7.90. The summed E-state index contributed by atoms with van der Waals surface area (Å²) in [5.74, 6) is 0.469. The number of likely N-dealkylation sites (tertiary alicyclic amines) is 1. The van der Waals surface area contributed by atoms with E-state index in [2.05, 4.69) is 16.9 Å². The highest BCUT2D eigenvalue weighted by Gasteiger charge is 2.25. The summed E-state index contributed by atoms with van der Waals surface area (Å²) in [6.45, 7) is 2.16. The number of nitrogens with zero attached hydrogens (tertiary/aromatic N) is 4. The molecule has 1 aliphatic rings. The first-order chi connectivity index (χ1) is 14.9. The van der Waals surface area contributed by atoms with Crippen molar-refractivity contribution < 1.29 is 8.42 Å². The van der Waals surface area contributed by atoms with Gasteiger partial charge in [0.1, 0.15) is 7.85 Å². The Kier molecular flexibility index (Phi) is 5.20. The van der Waals surface area contributed by atoms with E-state index in [-0.39, 0.29) is 4.90 Å². The van der Waals surface area contributed by atoms with Gasteiger partial charge in [-0.2, -0.15) is 0 Å².